The second kappa shape index (κ2) is 6.62. The lowest BCUT2D eigenvalue weighted by molar-refractivity contribution is 0.274. The second-order valence-electron chi connectivity index (χ2n) is 5.57. The van der Waals surface area contributed by atoms with E-state index in [4.69, 9.17) is 4.74 Å². The molecule has 0 saturated carbocycles. The van der Waals surface area contributed by atoms with Crippen molar-refractivity contribution in [3.8, 4) is 11.6 Å². The van der Waals surface area contributed by atoms with E-state index in [0.717, 1.165) is 29.6 Å². The van der Waals surface area contributed by atoms with Gasteiger partial charge in [-0.05, 0) is 44.8 Å². The lowest BCUT2D eigenvalue weighted by Gasteiger charge is -2.09. The molecule has 0 spiro atoms. The largest absolute Gasteiger partial charge is 0.476 e. The van der Waals surface area contributed by atoms with Crippen LogP contribution in [-0.2, 0) is 0 Å². The van der Waals surface area contributed by atoms with Crippen molar-refractivity contribution in [3.05, 3.63) is 54.6 Å². The molecule has 0 radical (unpaired) electrons. The van der Waals surface area contributed by atoms with Crippen molar-refractivity contribution in [2.24, 2.45) is 0 Å². The van der Waals surface area contributed by atoms with Crippen LogP contribution in [0.15, 0.2) is 54.6 Å². The first kappa shape index (κ1) is 14.6. The third-order valence-electron chi connectivity index (χ3n) is 3.54. The molecule has 0 amide bonds. The molecule has 3 aromatic rings. The molecule has 1 heterocycles. The maximum Gasteiger partial charge on any atom is 0.241 e. The molecule has 0 unspecified atom stereocenters. The van der Waals surface area contributed by atoms with Crippen LogP contribution in [0, 0.1) is 0 Å². The van der Waals surface area contributed by atoms with Gasteiger partial charge in [0, 0.05) is 6.54 Å². The van der Waals surface area contributed by atoms with E-state index < -0.39 is 0 Å². The number of nitrogens with zero attached hydrogens (tertiary/aromatic N) is 3. The molecule has 0 atom stereocenters. The van der Waals surface area contributed by atoms with Gasteiger partial charge in [0.05, 0.1) is 23.2 Å². The molecule has 114 valence electrons. The van der Waals surface area contributed by atoms with Crippen molar-refractivity contribution in [1.82, 2.24) is 14.7 Å². The van der Waals surface area contributed by atoms with E-state index in [-0.39, 0.29) is 0 Å². The molecule has 0 aliphatic rings. The SMILES string of the molecule is CN(C)CCCOc1nn(-c2ccccc2)c2ccccc12. The van der Waals surface area contributed by atoms with E-state index in [0.29, 0.717) is 12.5 Å². The van der Waals surface area contributed by atoms with Gasteiger partial charge in [0.15, 0.2) is 0 Å². The van der Waals surface area contributed by atoms with E-state index in [9.17, 15) is 0 Å². The standard InChI is InChI=1S/C18H21N3O/c1-20(2)13-8-14-22-18-16-11-6-7-12-17(16)21(19-18)15-9-4-3-5-10-15/h3-7,9-12H,8,13-14H2,1-2H3. The summed E-state index contributed by atoms with van der Waals surface area (Å²) in [5, 5.41) is 5.71. The number of rotatable bonds is 6. The zero-order valence-corrected chi connectivity index (χ0v) is 13.1. The Labute approximate surface area is 130 Å². The molecule has 0 N–H and O–H groups in total. The average molecular weight is 295 g/mol. The zero-order chi connectivity index (χ0) is 15.4. The fourth-order valence-electron chi connectivity index (χ4n) is 2.46. The first-order valence-corrected chi connectivity index (χ1v) is 7.56. The van der Waals surface area contributed by atoms with E-state index >= 15 is 0 Å². The van der Waals surface area contributed by atoms with Crippen molar-refractivity contribution in [3.63, 3.8) is 0 Å². The molecule has 4 heteroatoms. The minimum Gasteiger partial charge on any atom is -0.476 e. The molecule has 1 aromatic heterocycles. The highest BCUT2D eigenvalue weighted by Crippen LogP contribution is 2.27. The molecule has 22 heavy (non-hydrogen) atoms. The average Bonchev–Trinajstić information content (AvgIpc) is 2.91. The number of fused-ring (bicyclic) bond motifs is 1. The minimum atomic E-state index is 0.675. The summed E-state index contributed by atoms with van der Waals surface area (Å²) in [5.41, 5.74) is 2.11. The Morgan fingerprint density at radius 2 is 1.73 bits per heavy atom. The van der Waals surface area contributed by atoms with Gasteiger partial charge in [-0.25, -0.2) is 4.68 Å². The van der Waals surface area contributed by atoms with Crippen LogP contribution in [0.1, 0.15) is 6.42 Å². The smallest absolute Gasteiger partial charge is 0.241 e. The third kappa shape index (κ3) is 3.12. The Bertz CT molecular complexity index is 734. The summed E-state index contributed by atoms with van der Waals surface area (Å²) in [7, 11) is 4.14. The number of para-hydroxylation sites is 2. The van der Waals surface area contributed by atoms with Gasteiger partial charge in [0.25, 0.3) is 0 Å². The Morgan fingerprint density at radius 1 is 1.00 bits per heavy atom. The van der Waals surface area contributed by atoms with Crippen molar-refractivity contribution >= 4 is 10.9 Å². The van der Waals surface area contributed by atoms with Crippen molar-refractivity contribution in [2.45, 2.75) is 6.42 Å². The van der Waals surface area contributed by atoms with Crippen molar-refractivity contribution < 1.29 is 4.74 Å². The maximum absolute atomic E-state index is 5.91. The van der Waals surface area contributed by atoms with Crippen LogP contribution in [0.25, 0.3) is 16.6 Å². The molecule has 0 bridgehead atoms. The molecule has 3 rings (SSSR count). The number of benzene rings is 2. The van der Waals surface area contributed by atoms with Crippen LogP contribution in [0.5, 0.6) is 5.88 Å². The highest BCUT2D eigenvalue weighted by atomic mass is 16.5. The molecule has 0 fully saturated rings. The fourth-order valence-corrected chi connectivity index (χ4v) is 2.46. The Hall–Kier alpha value is -2.33. The van der Waals surface area contributed by atoms with E-state index in [1.165, 1.54) is 0 Å². The summed E-state index contributed by atoms with van der Waals surface area (Å²) < 4.78 is 7.85. The van der Waals surface area contributed by atoms with Crippen molar-refractivity contribution in [2.75, 3.05) is 27.2 Å². The molecule has 0 aliphatic heterocycles. The molecular formula is C18H21N3O. The summed E-state index contributed by atoms with van der Waals surface area (Å²) in [4.78, 5) is 2.16. The van der Waals surface area contributed by atoms with Gasteiger partial charge in [-0.3, -0.25) is 0 Å². The highest BCUT2D eigenvalue weighted by molar-refractivity contribution is 5.85. The number of aromatic nitrogens is 2. The predicted molar refractivity (Wildman–Crippen MR) is 89.7 cm³/mol. The van der Waals surface area contributed by atoms with Gasteiger partial charge in [0.1, 0.15) is 0 Å². The van der Waals surface area contributed by atoms with E-state index in [1.807, 2.05) is 35.0 Å². The Morgan fingerprint density at radius 3 is 2.50 bits per heavy atom. The molecular weight excluding hydrogens is 274 g/mol. The van der Waals surface area contributed by atoms with E-state index in [2.05, 4.69) is 48.4 Å². The van der Waals surface area contributed by atoms with Crippen LogP contribution >= 0.6 is 0 Å². The predicted octanol–water partition coefficient (Wildman–Crippen LogP) is 3.36. The van der Waals surface area contributed by atoms with Gasteiger partial charge in [-0.2, -0.15) is 0 Å². The Balaban J connectivity index is 1.88. The van der Waals surface area contributed by atoms with Crippen LogP contribution < -0.4 is 4.74 Å². The molecule has 0 aliphatic carbocycles. The lowest BCUT2D eigenvalue weighted by atomic mass is 10.2. The molecule has 2 aromatic carbocycles. The van der Waals surface area contributed by atoms with Gasteiger partial charge in [-0.15, -0.1) is 5.10 Å². The normalized spacial score (nSPS) is 11.2. The summed E-state index contributed by atoms with van der Waals surface area (Å²) in [5.74, 6) is 0.707. The fraction of sp³-hybridized carbons (Fsp3) is 0.278. The topological polar surface area (TPSA) is 30.3 Å². The van der Waals surface area contributed by atoms with Gasteiger partial charge in [-0.1, -0.05) is 30.3 Å². The summed E-state index contributed by atoms with van der Waals surface area (Å²) in [6.07, 6.45) is 0.986. The maximum atomic E-state index is 5.91. The number of hydrogen-bond donors (Lipinski definition) is 0. The first-order chi connectivity index (χ1) is 10.8. The van der Waals surface area contributed by atoms with Crippen LogP contribution in [-0.4, -0.2) is 41.9 Å². The quantitative estimate of drug-likeness (QED) is 0.653. The second-order valence-corrected chi connectivity index (χ2v) is 5.57. The van der Waals surface area contributed by atoms with Crippen LogP contribution in [0.3, 0.4) is 0 Å². The number of hydrogen-bond acceptors (Lipinski definition) is 3. The first-order valence-electron chi connectivity index (χ1n) is 7.56. The molecule has 4 nitrogen and oxygen atoms in total. The number of ether oxygens (including phenoxy) is 1. The van der Waals surface area contributed by atoms with Crippen LogP contribution in [0.2, 0.25) is 0 Å². The highest BCUT2D eigenvalue weighted by Gasteiger charge is 2.12. The summed E-state index contributed by atoms with van der Waals surface area (Å²) >= 11 is 0. The Kier molecular flexibility index (Phi) is 4.39. The third-order valence-corrected chi connectivity index (χ3v) is 3.54. The van der Waals surface area contributed by atoms with Crippen LogP contribution in [0.4, 0.5) is 0 Å². The summed E-state index contributed by atoms with van der Waals surface area (Å²) in [6.45, 7) is 1.69. The lowest BCUT2D eigenvalue weighted by Crippen LogP contribution is -2.15. The van der Waals surface area contributed by atoms with Gasteiger partial charge >= 0.3 is 0 Å². The van der Waals surface area contributed by atoms with Crippen molar-refractivity contribution in [1.29, 1.82) is 0 Å². The summed E-state index contributed by atoms with van der Waals surface area (Å²) in [6, 6.07) is 18.3. The minimum absolute atomic E-state index is 0.675. The monoisotopic (exact) mass is 295 g/mol. The molecule has 0 saturated heterocycles. The zero-order valence-electron chi connectivity index (χ0n) is 13.1. The van der Waals surface area contributed by atoms with Gasteiger partial charge < -0.3 is 9.64 Å². The van der Waals surface area contributed by atoms with E-state index in [1.54, 1.807) is 0 Å². The van der Waals surface area contributed by atoms with Gasteiger partial charge in [0.2, 0.25) is 5.88 Å².